The van der Waals surface area contributed by atoms with Crippen LogP contribution in [0.25, 0.3) is 0 Å². The lowest BCUT2D eigenvalue weighted by Crippen LogP contribution is -2.33. The maximum Gasteiger partial charge on any atom is 0.226 e. The molecule has 0 aliphatic rings. The molecule has 0 heterocycles. The van der Waals surface area contributed by atoms with Crippen molar-refractivity contribution in [2.24, 2.45) is 0 Å². The van der Waals surface area contributed by atoms with Crippen LogP contribution in [0.2, 0.25) is 0 Å². The van der Waals surface area contributed by atoms with Crippen molar-refractivity contribution in [3.63, 3.8) is 0 Å². The van der Waals surface area contributed by atoms with E-state index in [1.54, 1.807) is 41.3 Å². The molecule has 5 nitrogen and oxygen atoms in total. The number of carbonyl (C=O) groups excluding carboxylic acids is 2. The van der Waals surface area contributed by atoms with Gasteiger partial charge in [-0.05, 0) is 62.2 Å². The molecule has 0 aliphatic carbocycles. The van der Waals surface area contributed by atoms with Crippen molar-refractivity contribution >= 4 is 17.5 Å². The molecule has 0 aromatic heterocycles. The van der Waals surface area contributed by atoms with Crippen LogP contribution in [0.3, 0.4) is 0 Å². The second-order valence-electron chi connectivity index (χ2n) is 6.87. The summed E-state index contributed by atoms with van der Waals surface area (Å²) in [5.74, 6) is 0.208. The number of rotatable bonds is 9. The van der Waals surface area contributed by atoms with Crippen molar-refractivity contribution in [3.05, 3.63) is 59.9 Å². The number of ether oxygens (including phenoxy) is 1. The first-order valence-corrected chi connectivity index (χ1v) is 9.40. The van der Waals surface area contributed by atoms with Crippen molar-refractivity contribution < 1.29 is 18.7 Å². The van der Waals surface area contributed by atoms with Gasteiger partial charge in [0.25, 0.3) is 0 Å². The second-order valence-corrected chi connectivity index (χ2v) is 6.87. The fourth-order valence-electron chi connectivity index (χ4n) is 2.69. The molecule has 0 radical (unpaired) electrons. The molecule has 1 N–H and O–H groups in total. The Morgan fingerprint density at radius 2 is 1.68 bits per heavy atom. The Labute approximate surface area is 165 Å². The molecule has 0 saturated heterocycles. The molecule has 2 amide bonds. The van der Waals surface area contributed by atoms with Gasteiger partial charge in [0, 0.05) is 32.1 Å². The minimum atomic E-state index is -0.285. The predicted molar refractivity (Wildman–Crippen MR) is 108 cm³/mol. The highest BCUT2D eigenvalue weighted by Crippen LogP contribution is 2.17. The molecule has 2 aromatic rings. The normalized spacial score (nSPS) is 10.6. The Balaban J connectivity index is 1.81. The third kappa shape index (κ3) is 7.39. The molecule has 150 valence electrons. The molecule has 0 spiro atoms. The average Bonchev–Trinajstić information content (AvgIpc) is 2.64. The first kappa shape index (κ1) is 21.4. The molecule has 0 atom stereocenters. The monoisotopic (exact) mass is 386 g/mol. The Morgan fingerprint density at radius 3 is 2.25 bits per heavy atom. The van der Waals surface area contributed by atoms with Crippen LogP contribution in [0.1, 0.15) is 32.8 Å². The van der Waals surface area contributed by atoms with E-state index in [-0.39, 0.29) is 30.2 Å². The molecule has 2 aromatic carbocycles. The zero-order valence-electron chi connectivity index (χ0n) is 16.6. The molecule has 6 heteroatoms. The van der Waals surface area contributed by atoms with E-state index in [2.05, 4.69) is 5.32 Å². The number of hydrogen-bond acceptors (Lipinski definition) is 3. The van der Waals surface area contributed by atoms with Gasteiger partial charge in [-0.2, -0.15) is 0 Å². The standard InChI is InChI=1S/C22H27FN2O3/c1-16(2)28-21-10-8-20(9-11-21)24-22(27)13-15-25(17(3)26)14-12-18-4-6-19(23)7-5-18/h4-11,16H,12-15H2,1-3H3,(H,24,27). The van der Waals surface area contributed by atoms with Gasteiger partial charge in [0.1, 0.15) is 11.6 Å². The number of hydrogen-bond donors (Lipinski definition) is 1. The van der Waals surface area contributed by atoms with Crippen molar-refractivity contribution in [2.75, 3.05) is 18.4 Å². The van der Waals surface area contributed by atoms with E-state index in [1.807, 2.05) is 13.8 Å². The largest absolute Gasteiger partial charge is 0.491 e. The van der Waals surface area contributed by atoms with E-state index >= 15 is 0 Å². The predicted octanol–water partition coefficient (Wildman–Crippen LogP) is 4.03. The van der Waals surface area contributed by atoms with Crippen LogP contribution in [0.5, 0.6) is 5.75 Å². The first-order valence-electron chi connectivity index (χ1n) is 9.40. The third-order valence-electron chi connectivity index (χ3n) is 4.15. The highest BCUT2D eigenvalue weighted by molar-refractivity contribution is 5.91. The molecule has 0 saturated carbocycles. The highest BCUT2D eigenvalue weighted by Gasteiger charge is 2.12. The molecular formula is C22H27FN2O3. The minimum absolute atomic E-state index is 0.0907. The van der Waals surface area contributed by atoms with E-state index in [4.69, 9.17) is 4.74 Å². The lowest BCUT2D eigenvalue weighted by molar-refractivity contribution is -0.129. The zero-order valence-corrected chi connectivity index (χ0v) is 16.6. The summed E-state index contributed by atoms with van der Waals surface area (Å²) >= 11 is 0. The lowest BCUT2D eigenvalue weighted by atomic mass is 10.1. The van der Waals surface area contributed by atoms with Gasteiger partial charge >= 0.3 is 0 Å². The van der Waals surface area contributed by atoms with Crippen LogP contribution in [-0.2, 0) is 16.0 Å². The van der Waals surface area contributed by atoms with E-state index < -0.39 is 0 Å². The Hall–Kier alpha value is -2.89. The number of nitrogens with one attached hydrogen (secondary N) is 1. The summed E-state index contributed by atoms with van der Waals surface area (Å²) in [6.45, 7) is 6.20. The SMILES string of the molecule is CC(=O)N(CCC(=O)Nc1ccc(OC(C)C)cc1)CCc1ccc(F)cc1. The number of halogens is 1. The molecule has 2 rings (SSSR count). The summed E-state index contributed by atoms with van der Waals surface area (Å²) in [4.78, 5) is 25.7. The molecule has 0 fully saturated rings. The second kappa shape index (κ2) is 10.4. The molecular weight excluding hydrogens is 359 g/mol. The summed E-state index contributed by atoms with van der Waals surface area (Å²) < 4.78 is 18.5. The van der Waals surface area contributed by atoms with Crippen LogP contribution in [-0.4, -0.2) is 35.9 Å². The maximum atomic E-state index is 13.0. The number of nitrogens with zero attached hydrogens (tertiary/aromatic N) is 1. The van der Waals surface area contributed by atoms with E-state index in [0.29, 0.717) is 25.2 Å². The van der Waals surface area contributed by atoms with Crippen molar-refractivity contribution in [1.82, 2.24) is 4.90 Å². The quantitative estimate of drug-likeness (QED) is 0.708. The van der Waals surface area contributed by atoms with Crippen LogP contribution in [0.15, 0.2) is 48.5 Å². The van der Waals surface area contributed by atoms with Crippen molar-refractivity contribution in [1.29, 1.82) is 0 Å². The number of anilines is 1. The smallest absolute Gasteiger partial charge is 0.226 e. The fourth-order valence-corrected chi connectivity index (χ4v) is 2.69. The number of amides is 2. The molecule has 0 aliphatic heterocycles. The first-order chi connectivity index (χ1) is 13.3. The minimum Gasteiger partial charge on any atom is -0.491 e. The zero-order chi connectivity index (χ0) is 20.5. The topological polar surface area (TPSA) is 58.6 Å². The van der Waals surface area contributed by atoms with Gasteiger partial charge in [-0.25, -0.2) is 4.39 Å². The van der Waals surface area contributed by atoms with Crippen molar-refractivity contribution in [2.45, 2.75) is 39.7 Å². The summed E-state index contributed by atoms with van der Waals surface area (Å²) in [5.41, 5.74) is 1.63. The van der Waals surface area contributed by atoms with Crippen LogP contribution < -0.4 is 10.1 Å². The number of benzene rings is 2. The molecule has 28 heavy (non-hydrogen) atoms. The molecule has 0 bridgehead atoms. The third-order valence-corrected chi connectivity index (χ3v) is 4.15. The maximum absolute atomic E-state index is 13.0. The van der Waals surface area contributed by atoms with Gasteiger partial charge in [-0.1, -0.05) is 12.1 Å². The summed E-state index contributed by atoms with van der Waals surface area (Å²) in [7, 11) is 0. The van der Waals surface area contributed by atoms with Crippen LogP contribution >= 0.6 is 0 Å². The van der Waals surface area contributed by atoms with E-state index in [1.165, 1.54) is 19.1 Å². The van der Waals surface area contributed by atoms with Gasteiger partial charge in [-0.3, -0.25) is 9.59 Å². The Bertz CT molecular complexity index is 773. The van der Waals surface area contributed by atoms with Gasteiger partial charge < -0.3 is 15.0 Å². The summed E-state index contributed by atoms with van der Waals surface area (Å²) in [6.07, 6.45) is 0.902. The van der Waals surface area contributed by atoms with E-state index in [9.17, 15) is 14.0 Å². The average molecular weight is 386 g/mol. The lowest BCUT2D eigenvalue weighted by Gasteiger charge is -2.21. The summed E-state index contributed by atoms with van der Waals surface area (Å²) in [5, 5.41) is 2.82. The Kier molecular flexibility index (Phi) is 7.99. The van der Waals surface area contributed by atoms with Crippen LogP contribution in [0, 0.1) is 5.82 Å². The fraction of sp³-hybridized carbons (Fsp3) is 0.364. The summed E-state index contributed by atoms with van der Waals surface area (Å²) in [6, 6.07) is 13.4. The van der Waals surface area contributed by atoms with Gasteiger partial charge in [-0.15, -0.1) is 0 Å². The Morgan fingerprint density at radius 1 is 1.04 bits per heavy atom. The van der Waals surface area contributed by atoms with Gasteiger partial charge in [0.15, 0.2) is 0 Å². The van der Waals surface area contributed by atoms with Gasteiger partial charge in [0.05, 0.1) is 6.10 Å². The van der Waals surface area contributed by atoms with Gasteiger partial charge in [0.2, 0.25) is 11.8 Å². The van der Waals surface area contributed by atoms with Crippen molar-refractivity contribution in [3.8, 4) is 5.75 Å². The molecule has 0 unspecified atom stereocenters. The van der Waals surface area contributed by atoms with E-state index in [0.717, 1.165) is 11.3 Å². The number of carbonyl (C=O) groups is 2. The highest BCUT2D eigenvalue weighted by atomic mass is 19.1. The van der Waals surface area contributed by atoms with Crippen LogP contribution in [0.4, 0.5) is 10.1 Å².